The van der Waals surface area contributed by atoms with Crippen molar-refractivity contribution in [2.75, 3.05) is 6.61 Å². The summed E-state index contributed by atoms with van der Waals surface area (Å²) >= 11 is 0. The fourth-order valence-corrected chi connectivity index (χ4v) is 5.02. The maximum Gasteiger partial charge on any atom is 0.250 e. The smallest absolute Gasteiger partial charge is 0.250 e. The van der Waals surface area contributed by atoms with Gasteiger partial charge in [0.2, 0.25) is 15.9 Å². The Hall–Kier alpha value is -2.65. The standard InChI is InChI=1S/C20H26N4O4S/c1-7-27-17-10-8-16(9-11-17)12(2)23-29(25,26)19-14(4)24(6)13(3)18(19)20-22-21-15(5)28-20/h8-12,23H,7H2,1-6H3. The molecule has 1 aromatic carbocycles. The third kappa shape index (κ3) is 4.06. The van der Waals surface area contributed by atoms with Gasteiger partial charge in [-0.1, -0.05) is 12.1 Å². The average Bonchev–Trinajstić information content (AvgIpc) is 3.19. The van der Waals surface area contributed by atoms with E-state index in [0.717, 1.165) is 17.0 Å². The molecular weight excluding hydrogens is 392 g/mol. The fourth-order valence-electron chi connectivity index (χ4n) is 3.27. The van der Waals surface area contributed by atoms with Crippen molar-refractivity contribution >= 4 is 10.0 Å². The first-order valence-electron chi connectivity index (χ1n) is 9.37. The Morgan fingerprint density at radius 2 is 1.79 bits per heavy atom. The molecule has 1 N–H and O–H groups in total. The van der Waals surface area contributed by atoms with Gasteiger partial charge in [-0.2, -0.15) is 0 Å². The molecule has 0 aliphatic carbocycles. The minimum atomic E-state index is -3.86. The van der Waals surface area contributed by atoms with E-state index in [9.17, 15) is 8.42 Å². The number of hydrogen-bond acceptors (Lipinski definition) is 6. The van der Waals surface area contributed by atoms with Crippen LogP contribution in [-0.4, -0.2) is 29.8 Å². The summed E-state index contributed by atoms with van der Waals surface area (Å²) in [6.45, 7) is 9.55. The molecule has 0 aliphatic rings. The van der Waals surface area contributed by atoms with Crippen molar-refractivity contribution < 1.29 is 17.6 Å². The van der Waals surface area contributed by atoms with Gasteiger partial charge >= 0.3 is 0 Å². The number of benzene rings is 1. The van der Waals surface area contributed by atoms with Crippen LogP contribution in [0, 0.1) is 20.8 Å². The number of aromatic nitrogens is 3. The van der Waals surface area contributed by atoms with Gasteiger partial charge in [-0.15, -0.1) is 10.2 Å². The molecule has 1 atom stereocenters. The lowest BCUT2D eigenvalue weighted by molar-refractivity contribution is 0.340. The molecule has 0 spiro atoms. The van der Waals surface area contributed by atoms with Crippen molar-refractivity contribution in [3.05, 3.63) is 47.1 Å². The second kappa shape index (κ2) is 8.00. The molecule has 156 valence electrons. The quantitative estimate of drug-likeness (QED) is 0.631. The van der Waals surface area contributed by atoms with Gasteiger partial charge in [0, 0.05) is 31.4 Å². The predicted molar refractivity (Wildman–Crippen MR) is 109 cm³/mol. The summed E-state index contributed by atoms with van der Waals surface area (Å²) in [5.41, 5.74) is 2.59. The summed E-state index contributed by atoms with van der Waals surface area (Å²) < 4.78 is 42.2. The lowest BCUT2D eigenvalue weighted by atomic mass is 10.1. The Morgan fingerprint density at radius 1 is 1.14 bits per heavy atom. The lowest BCUT2D eigenvalue weighted by Gasteiger charge is -2.16. The van der Waals surface area contributed by atoms with Crippen molar-refractivity contribution in [1.29, 1.82) is 0 Å². The van der Waals surface area contributed by atoms with Gasteiger partial charge in [-0.05, 0) is 45.4 Å². The van der Waals surface area contributed by atoms with Gasteiger partial charge in [0.1, 0.15) is 10.6 Å². The van der Waals surface area contributed by atoms with Crippen molar-refractivity contribution in [3.8, 4) is 17.2 Å². The zero-order valence-electron chi connectivity index (χ0n) is 17.5. The number of nitrogens with one attached hydrogen (secondary N) is 1. The van der Waals surface area contributed by atoms with Crippen LogP contribution < -0.4 is 9.46 Å². The van der Waals surface area contributed by atoms with Crippen molar-refractivity contribution in [2.45, 2.75) is 45.6 Å². The van der Waals surface area contributed by atoms with E-state index < -0.39 is 16.1 Å². The molecule has 9 heteroatoms. The first-order chi connectivity index (χ1) is 13.7. The van der Waals surface area contributed by atoms with E-state index in [1.165, 1.54) is 0 Å². The van der Waals surface area contributed by atoms with Crippen LogP contribution in [0.15, 0.2) is 33.6 Å². The molecule has 0 radical (unpaired) electrons. The Kier molecular flexibility index (Phi) is 5.81. The second-order valence-corrected chi connectivity index (χ2v) is 8.56. The first kappa shape index (κ1) is 21.1. The van der Waals surface area contributed by atoms with Crippen LogP contribution in [-0.2, 0) is 17.1 Å². The highest BCUT2D eigenvalue weighted by Crippen LogP contribution is 2.35. The molecule has 1 unspecified atom stereocenters. The van der Waals surface area contributed by atoms with Gasteiger partial charge in [-0.25, -0.2) is 13.1 Å². The van der Waals surface area contributed by atoms with E-state index in [-0.39, 0.29) is 10.8 Å². The average molecular weight is 419 g/mol. The number of aryl methyl sites for hydroxylation is 1. The molecule has 0 bridgehead atoms. The maximum absolute atomic E-state index is 13.3. The Morgan fingerprint density at radius 3 is 2.34 bits per heavy atom. The van der Waals surface area contributed by atoms with Crippen molar-refractivity contribution in [1.82, 2.24) is 19.5 Å². The molecule has 2 heterocycles. The van der Waals surface area contributed by atoms with Crippen LogP contribution in [0.3, 0.4) is 0 Å². The number of rotatable bonds is 7. The van der Waals surface area contributed by atoms with Crippen LogP contribution in [0.1, 0.15) is 42.7 Å². The molecular formula is C20H26N4O4S. The summed E-state index contributed by atoms with van der Waals surface area (Å²) in [5, 5.41) is 7.88. The number of hydrogen-bond donors (Lipinski definition) is 1. The number of sulfonamides is 1. The summed E-state index contributed by atoms with van der Waals surface area (Å²) in [6, 6.07) is 6.92. The van der Waals surface area contributed by atoms with Crippen LogP contribution in [0.2, 0.25) is 0 Å². The molecule has 8 nitrogen and oxygen atoms in total. The van der Waals surface area contributed by atoms with Gasteiger partial charge in [-0.3, -0.25) is 0 Å². The highest BCUT2D eigenvalue weighted by atomic mass is 32.2. The summed E-state index contributed by atoms with van der Waals surface area (Å²) in [6.07, 6.45) is 0. The third-order valence-corrected chi connectivity index (χ3v) is 6.66. The monoisotopic (exact) mass is 418 g/mol. The summed E-state index contributed by atoms with van der Waals surface area (Å²) in [4.78, 5) is 0.152. The molecule has 0 fully saturated rings. The molecule has 0 aliphatic heterocycles. The van der Waals surface area contributed by atoms with Gasteiger partial charge in [0.15, 0.2) is 0 Å². The van der Waals surface area contributed by atoms with Crippen LogP contribution >= 0.6 is 0 Å². The minimum Gasteiger partial charge on any atom is -0.494 e. The van der Waals surface area contributed by atoms with Gasteiger partial charge in [0.25, 0.3) is 5.89 Å². The van der Waals surface area contributed by atoms with Gasteiger partial charge < -0.3 is 13.7 Å². The SMILES string of the molecule is CCOc1ccc(C(C)NS(=O)(=O)c2c(-c3nnc(C)o3)c(C)n(C)c2C)cc1. The van der Waals surface area contributed by atoms with Gasteiger partial charge in [0.05, 0.1) is 12.2 Å². The Bertz CT molecular complexity index is 1110. The zero-order valence-corrected chi connectivity index (χ0v) is 18.3. The summed E-state index contributed by atoms with van der Waals surface area (Å²) in [7, 11) is -2.05. The Balaban J connectivity index is 1.98. The third-order valence-electron chi connectivity index (χ3n) is 4.96. The van der Waals surface area contributed by atoms with E-state index >= 15 is 0 Å². The summed E-state index contributed by atoms with van der Waals surface area (Å²) in [5.74, 6) is 1.31. The maximum atomic E-state index is 13.3. The van der Waals surface area contributed by atoms with E-state index in [0.29, 0.717) is 23.8 Å². The molecule has 0 saturated carbocycles. The highest BCUT2D eigenvalue weighted by molar-refractivity contribution is 7.89. The van der Waals surface area contributed by atoms with Crippen LogP contribution in [0.4, 0.5) is 0 Å². The van der Waals surface area contributed by atoms with Crippen molar-refractivity contribution in [3.63, 3.8) is 0 Å². The molecule has 29 heavy (non-hydrogen) atoms. The minimum absolute atomic E-state index is 0.152. The van der Waals surface area contributed by atoms with Crippen LogP contribution in [0.25, 0.3) is 11.5 Å². The topological polar surface area (TPSA) is 99.2 Å². The van der Waals surface area contributed by atoms with E-state index in [1.54, 1.807) is 20.8 Å². The molecule has 0 amide bonds. The largest absolute Gasteiger partial charge is 0.494 e. The number of ether oxygens (including phenoxy) is 1. The second-order valence-electron chi connectivity index (χ2n) is 6.91. The normalized spacial score (nSPS) is 12.9. The van der Waals surface area contributed by atoms with Crippen molar-refractivity contribution in [2.24, 2.45) is 7.05 Å². The van der Waals surface area contributed by atoms with E-state index in [2.05, 4.69) is 14.9 Å². The highest BCUT2D eigenvalue weighted by Gasteiger charge is 2.31. The molecule has 3 rings (SSSR count). The molecule has 0 saturated heterocycles. The Labute approximate surface area is 171 Å². The zero-order chi connectivity index (χ0) is 21.3. The van der Waals surface area contributed by atoms with E-state index in [4.69, 9.17) is 9.15 Å². The predicted octanol–water partition coefficient (Wildman–Crippen LogP) is 3.44. The fraction of sp³-hybridized carbons (Fsp3) is 0.400. The molecule has 2 aromatic heterocycles. The van der Waals surface area contributed by atoms with Crippen LogP contribution in [0.5, 0.6) is 5.75 Å². The number of nitrogens with zero attached hydrogens (tertiary/aromatic N) is 3. The lowest BCUT2D eigenvalue weighted by Crippen LogP contribution is -2.27. The van der Waals surface area contributed by atoms with E-state index in [1.807, 2.05) is 49.7 Å². The molecule has 3 aromatic rings. The first-order valence-corrected chi connectivity index (χ1v) is 10.9.